The Morgan fingerprint density at radius 2 is 1.58 bits per heavy atom. The van der Waals surface area contributed by atoms with Crippen LogP contribution in [-0.2, 0) is 32.7 Å². The number of carbonyl (C=O) groups excluding carboxylic acids is 4. The van der Waals surface area contributed by atoms with E-state index in [0.29, 0.717) is 21.5 Å². The molecule has 0 spiro atoms. The van der Waals surface area contributed by atoms with Crippen LogP contribution in [0.1, 0.15) is 112 Å². The van der Waals surface area contributed by atoms with E-state index in [4.69, 9.17) is 33.0 Å². The first-order chi connectivity index (χ1) is 29.0. The highest BCUT2D eigenvalue weighted by molar-refractivity contribution is 8.14. The predicted molar refractivity (Wildman–Crippen MR) is 259 cm³/mol. The lowest BCUT2D eigenvalue weighted by Crippen LogP contribution is -2.61. The average Bonchev–Trinajstić information content (AvgIpc) is 3.97. The SMILES string of the molecule is C/C=C(/NC(=O)[C@@H]1[C@@H](C)OC(C)(C)N1C(=O)OCC[Si](C)(C)C)C1=N[C@@H](C(=O)N[C@H](c2nc(C(=O)OCC)cs2)[C@](C)(O[Si](CC)(CC)CC)[C@@H](C)O[Si](CC)(CC)CC)CS1. The number of carbonyl (C=O) groups is 4. The number of ether oxygens (including phenoxy) is 3. The number of amides is 3. The van der Waals surface area contributed by atoms with E-state index in [-0.39, 0.29) is 24.8 Å². The first kappa shape index (κ1) is 53.9. The Kier molecular flexibility index (Phi) is 19.7. The van der Waals surface area contributed by atoms with Gasteiger partial charge >= 0.3 is 12.1 Å². The molecule has 3 heterocycles. The van der Waals surface area contributed by atoms with E-state index in [0.717, 1.165) is 42.3 Å². The van der Waals surface area contributed by atoms with E-state index >= 15 is 0 Å². The molecule has 352 valence electrons. The Morgan fingerprint density at radius 1 is 0.984 bits per heavy atom. The van der Waals surface area contributed by atoms with E-state index in [1.54, 1.807) is 46.1 Å². The number of nitrogens with zero attached hydrogens (tertiary/aromatic N) is 3. The number of thioether (sulfide) groups is 1. The van der Waals surface area contributed by atoms with Crippen molar-refractivity contribution < 1.29 is 42.2 Å². The van der Waals surface area contributed by atoms with Crippen molar-refractivity contribution in [2.75, 3.05) is 19.0 Å². The third-order valence-electron chi connectivity index (χ3n) is 12.7. The summed E-state index contributed by atoms with van der Waals surface area (Å²) >= 11 is 2.64. The van der Waals surface area contributed by atoms with Crippen molar-refractivity contribution in [1.82, 2.24) is 20.5 Å². The zero-order chi connectivity index (χ0) is 46.8. The lowest BCUT2D eigenvalue weighted by molar-refractivity contribution is -0.127. The monoisotopic (exact) mass is 955 g/mol. The fourth-order valence-corrected chi connectivity index (χ4v) is 17.0. The molecule has 0 unspecified atom stereocenters. The highest BCUT2D eigenvalue weighted by atomic mass is 32.2. The second kappa shape index (κ2) is 22.7. The first-order valence-corrected chi connectivity index (χ1v) is 33.2. The molecule has 0 radical (unpaired) electrons. The van der Waals surface area contributed by atoms with E-state index in [2.05, 4.69) is 78.7 Å². The van der Waals surface area contributed by atoms with Gasteiger partial charge in [-0.25, -0.2) is 14.6 Å². The molecule has 1 fully saturated rings. The smallest absolute Gasteiger partial charge is 0.412 e. The third kappa shape index (κ3) is 12.9. The Labute approximate surface area is 383 Å². The van der Waals surface area contributed by atoms with Gasteiger partial charge in [0.05, 0.1) is 31.1 Å². The minimum atomic E-state index is -2.38. The number of aromatic nitrogens is 1. The summed E-state index contributed by atoms with van der Waals surface area (Å²) < 4.78 is 31.8. The molecule has 3 amide bonds. The topological polar surface area (TPSA) is 167 Å². The van der Waals surface area contributed by atoms with E-state index in [1.165, 1.54) is 28.0 Å². The molecule has 1 aromatic rings. The van der Waals surface area contributed by atoms with Crippen LogP contribution in [-0.4, -0.2) is 118 Å². The van der Waals surface area contributed by atoms with Crippen molar-refractivity contribution in [1.29, 1.82) is 0 Å². The number of nitrogens with one attached hydrogen (secondary N) is 2. The Hall–Kier alpha value is -2.40. The van der Waals surface area contributed by atoms with Crippen molar-refractivity contribution in [3.63, 3.8) is 0 Å². The molecule has 19 heteroatoms. The molecule has 14 nitrogen and oxygen atoms in total. The number of hydrogen-bond acceptors (Lipinski definition) is 13. The Balaban J connectivity index is 2.02. The zero-order valence-corrected chi connectivity index (χ0v) is 45.1. The maximum absolute atomic E-state index is 14.6. The maximum atomic E-state index is 14.6. The van der Waals surface area contributed by atoms with E-state index in [1.807, 2.05) is 6.92 Å². The molecule has 2 aliphatic heterocycles. The van der Waals surface area contributed by atoms with Crippen molar-refractivity contribution in [2.45, 2.75) is 194 Å². The molecule has 1 aromatic heterocycles. The average molecular weight is 957 g/mol. The third-order valence-corrected chi connectivity index (χ3v) is 25.9. The van der Waals surface area contributed by atoms with Gasteiger partial charge in [-0.3, -0.25) is 19.5 Å². The molecule has 2 aliphatic rings. The van der Waals surface area contributed by atoms with Gasteiger partial charge in [-0.15, -0.1) is 23.1 Å². The van der Waals surface area contributed by atoms with Crippen molar-refractivity contribution >= 4 is 76.7 Å². The molecule has 62 heavy (non-hydrogen) atoms. The number of aliphatic imine (C=N–C) groups is 1. The minimum Gasteiger partial charge on any atom is -0.461 e. The highest BCUT2D eigenvalue weighted by Gasteiger charge is 2.54. The Bertz CT molecular complexity index is 1750. The van der Waals surface area contributed by atoms with Crippen LogP contribution in [0.3, 0.4) is 0 Å². The second-order valence-corrected chi connectivity index (χ2v) is 35.2. The van der Waals surface area contributed by atoms with Crippen LogP contribution in [0.4, 0.5) is 4.79 Å². The molecule has 0 aromatic carbocycles. The summed E-state index contributed by atoms with van der Waals surface area (Å²) in [6.45, 7) is 33.1. The molecular formula is C43H77N5O9S2Si3. The van der Waals surface area contributed by atoms with Crippen LogP contribution >= 0.6 is 23.1 Å². The van der Waals surface area contributed by atoms with Crippen molar-refractivity contribution in [3.05, 3.63) is 27.9 Å². The van der Waals surface area contributed by atoms with Gasteiger partial charge in [-0.2, -0.15) is 0 Å². The molecule has 1 saturated heterocycles. The normalized spacial score (nSPS) is 21.5. The Morgan fingerprint density at radius 3 is 2.11 bits per heavy atom. The van der Waals surface area contributed by atoms with Gasteiger partial charge in [0, 0.05) is 19.2 Å². The predicted octanol–water partition coefficient (Wildman–Crippen LogP) is 9.50. The summed E-state index contributed by atoms with van der Waals surface area (Å²) in [5.41, 5.74) is -1.57. The van der Waals surface area contributed by atoms with Gasteiger partial charge in [0.1, 0.15) is 39.5 Å². The lowest BCUT2D eigenvalue weighted by atomic mass is 9.91. The van der Waals surface area contributed by atoms with Crippen molar-refractivity contribution in [2.24, 2.45) is 4.99 Å². The number of allylic oxidation sites excluding steroid dienone is 1. The van der Waals surface area contributed by atoms with Crippen LogP contribution in [0.25, 0.3) is 0 Å². The summed E-state index contributed by atoms with van der Waals surface area (Å²) in [7, 11) is -6.03. The lowest BCUT2D eigenvalue weighted by Gasteiger charge is -2.49. The number of hydrogen-bond donors (Lipinski definition) is 2. The standard InChI is InChI=1S/C43H77N5O9S2Si3/c1-17-31(44-37(50)34-29(9)55-42(11,12)48(34)41(52)54-25-26-60(14,15)16)38-45-32(27-58-38)36(49)47-35(39-46-33(28-59-39)40(51)53-18-2)43(13,57-62(22-6,23-7)24-8)30(10)56-61(19-3,20-4)21-5/h17,28-30,32,34-35H,18-27H2,1-16H3,(H,44,50)(H,47,49)/b31-17+/t29-,30-,32-,34+,35-,43-/m1/s1. The summed E-state index contributed by atoms with van der Waals surface area (Å²) in [6.07, 6.45) is 0.0695. The van der Waals surface area contributed by atoms with Gasteiger partial charge in [-0.1, -0.05) is 67.3 Å². The maximum Gasteiger partial charge on any atom is 0.412 e. The second-order valence-electron chi connectivity index (χ2n) is 18.2. The first-order valence-electron chi connectivity index (χ1n) is 22.6. The minimum absolute atomic E-state index is 0.167. The summed E-state index contributed by atoms with van der Waals surface area (Å²) in [6, 6.07) is 3.63. The molecule has 0 aliphatic carbocycles. The van der Waals surface area contributed by atoms with Crippen LogP contribution < -0.4 is 10.6 Å². The summed E-state index contributed by atoms with van der Waals surface area (Å²) in [4.78, 5) is 66.2. The molecule has 0 saturated carbocycles. The fraction of sp³-hybridized carbons (Fsp3) is 0.767. The van der Waals surface area contributed by atoms with E-state index < -0.39 is 84.3 Å². The van der Waals surface area contributed by atoms with Gasteiger partial charge in [0.2, 0.25) is 11.8 Å². The quantitative estimate of drug-likeness (QED) is 0.0792. The van der Waals surface area contributed by atoms with Crippen LogP contribution in [0.2, 0.25) is 61.9 Å². The number of thiazole rings is 1. The van der Waals surface area contributed by atoms with Gasteiger partial charge in [0.15, 0.2) is 22.3 Å². The fourth-order valence-electron chi connectivity index (χ4n) is 8.12. The highest BCUT2D eigenvalue weighted by Crippen LogP contribution is 2.43. The molecule has 6 atom stereocenters. The number of esters is 1. The number of rotatable bonds is 23. The van der Waals surface area contributed by atoms with Crippen LogP contribution in [0, 0.1) is 0 Å². The van der Waals surface area contributed by atoms with Crippen LogP contribution in [0.5, 0.6) is 0 Å². The van der Waals surface area contributed by atoms with Crippen LogP contribution in [0.15, 0.2) is 22.1 Å². The van der Waals surface area contributed by atoms with Gasteiger partial charge in [-0.05, 0) is 90.8 Å². The van der Waals surface area contributed by atoms with E-state index in [9.17, 15) is 19.2 Å². The summed E-state index contributed by atoms with van der Waals surface area (Å²) in [5, 5.41) is 8.99. The van der Waals surface area contributed by atoms with Gasteiger partial charge in [0.25, 0.3) is 0 Å². The molecular weight excluding hydrogens is 879 g/mol. The van der Waals surface area contributed by atoms with Crippen molar-refractivity contribution in [3.8, 4) is 0 Å². The van der Waals surface area contributed by atoms with Gasteiger partial charge < -0.3 is 33.7 Å². The molecule has 0 bridgehead atoms. The summed E-state index contributed by atoms with van der Waals surface area (Å²) in [5.74, 6) is -1.01. The molecule has 3 rings (SSSR count). The largest absolute Gasteiger partial charge is 0.461 e. The zero-order valence-electron chi connectivity index (χ0n) is 40.4. The molecule has 2 N–H and O–H groups in total.